The summed E-state index contributed by atoms with van der Waals surface area (Å²) in [5, 5.41) is 14.2. The highest BCUT2D eigenvalue weighted by atomic mass is 16.7. The van der Waals surface area contributed by atoms with E-state index in [-0.39, 0.29) is 56.2 Å². The SMILES string of the molecule is CCCC(=O)Oc1c(OC)c(C)cc2c1[C@H]1C3Cc4c(OC(C)=O)c(C)c5c(c4[C@H](CNC(=O)CCc4ccccc4)N3[C@@H](C#N)[C@H](C2)N1C)OCO5. The minimum absolute atomic E-state index is 0.0135. The molecule has 278 valence electrons. The third-order valence-corrected chi connectivity index (χ3v) is 11.1. The Labute approximate surface area is 309 Å². The standard InChI is InChI=1S/C41H46N4O8/c1-7-11-33(48)53-41-34-26(16-22(2)37(41)49-6)17-28-30(19-42)45-29(36(34)44(28)5)18-27-35(40-39(50-21-51-40)23(3)38(27)52-24(4)46)31(45)20-43-32(47)15-14-25-12-9-8-10-13-25/h8-10,12-13,16,28-31,36H,7,11,14-15,17-18,20-21H2,1-6H3,(H,43,47)/t28-,29?,30-,31-,36+/m0/s1. The van der Waals surface area contributed by atoms with Gasteiger partial charge < -0.3 is 29.0 Å². The van der Waals surface area contributed by atoms with E-state index in [1.54, 1.807) is 7.11 Å². The lowest BCUT2D eigenvalue weighted by atomic mass is 9.71. The molecule has 1 saturated heterocycles. The highest BCUT2D eigenvalue weighted by molar-refractivity contribution is 5.77. The lowest BCUT2D eigenvalue weighted by Crippen LogP contribution is -2.68. The maximum Gasteiger partial charge on any atom is 0.311 e. The molecule has 0 spiro atoms. The van der Waals surface area contributed by atoms with Crippen molar-refractivity contribution in [3.05, 3.63) is 75.3 Å². The van der Waals surface area contributed by atoms with Gasteiger partial charge in [-0.3, -0.25) is 24.2 Å². The zero-order valence-corrected chi connectivity index (χ0v) is 31.1. The summed E-state index contributed by atoms with van der Waals surface area (Å²) in [4.78, 5) is 43.7. The number of likely N-dealkylation sites (N-methyl/N-ethyl adjacent to an activating group) is 1. The van der Waals surface area contributed by atoms with Gasteiger partial charge in [0.2, 0.25) is 12.7 Å². The number of aryl methyl sites for hydroxylation is 2. The average molecular weight is 723 g/mol. The van der Waals surface area contributed by atoms with E-state index in [1.165, 1.54) is 6.92 Å². The Balaban J connectivity index is 1.39. The van der Waals surface area contributed by atoms with Crippen molar-refractivity contribution in [2.75, 3.05) is 27.5 Å². The van der Waals surface area contributed by atoms with Gasteiger partial charge in [0.15, 0.2) is 23.0 Å². The van der Waals surface area contributed by atoms with E-state index in [4.69, 9.17) is 23.7 Å². The summed E-state index contributed by atoms with van der Waals surface area (Å²) in [5.74, 6) is 1.33. The Bertz CT molecular complexity index is 1990. The number of esters is 2. The average Bonchev–Trinajstić information content (AvgIpc) is 3.62. The molecular formula is C41H46N4O8. The van der Waals surface area contributed by atoms with Crippen molar-refractivity contribution in [2.24, 2.45) is 0 Å². The van der Waals surface area contributed by atoms with Gasteiger partial charge in [-0.05, 0) is 63.3 Å². The molecule has 4 aliphatic rings. The summed E-state index contributed by atoms with van der Waals surface area (Å²) >= 11 is 0. The number of carbonyl (C=O) groups excluding carboxylic acids is 3. The molecule has 3 aromatic rings. The predicted octanol–water partition coefficient (Wildman–Crippen LogP) is 5.19. The molecule has 7 rings (SSSR count). The Morgan fingerprint density at radius 1 is 0.981 bits per heavy atom. The van der Waals surface area contributed by atoms with Crippen LogP contribution in [0.1, 0.15) is 84.1 Å². The summed E-state index contributed by atoms with van der Waals surface area (Å²) in [5.41, 5.74) is 5.86. The number of piperazine rings is 1. The molecule has 12 nitrogen and oxygen atoms in total. The van der Waals surface area contributed by atoms with Crippen molar-refractivity contribution >= 4 is 17.8 Å². The van der Waals surface area contributed by atoms with E-state index < -0.39 is 18.1 Å². The number of carbonyl (C=O) groups is 3. The van der Waals surface area contributed by atoms with E-state index in [9.17, 15) is 19.6 Å². The molecule has 1 N–H and O–H groups in total. The molecule has 1 unspecified atom stereocenters. The number of nitriles is 1. The third-order valence-electron chi connectivity index (χ3n) is 11.1. The number of ether oxygens (including phenoxy) is 5. The number of benzene rings is 3. The summed E-state index contributed by atoms with van der Waals surface area (Å²) in [6.45, 7) is 7.22. The molecule has 5 atom stereocenters. The van der Waals surface area contributed by atoms with E-state index in [2.05, 4.69) is 27.3 Å². The van der Waals surface area contributed by atoms with E-state index in [0.29, 0.717) is 60.0 Å². The van der Waals surface area contributed by atoms with Crippen LogP contribution in [0.4, 0.5) is 0 Å². The largest absolute Gasteiger partial charge is 0.493 e. The van der Waals surface area contributed by atoms with Gasteiger partial charge in [0.05, 0.1) is 25.3 Å². The second kappa shape index (κ2) is 14.7. The number of hydrogen-bond acceptors (Lipinski definition) is 11. The second-order valence-electron chi connectivity index (χ2n) is 14.3. The highest BCUT2D eigenvalue weighted by Crippen LogP contribution is 2.58. The van der Waals surface area contributed by atoms with Crippen molar-refractivity contribution in [3.8, 4) is 34.8 Å². The molecule has 2 bridgehead atoms. The van der Waals surface area contributed by atoms with Crippen molar-refractivity contribution in [3.63, 3.8) is 0 Å². The third kappa shape index (κ3) is 6.36. The van der Waals surface area contributed by atoms with Gasteiger partial charge in [-0.2, -0.15) is 5.26 Å². The van der Waals surface area contributed by atoms with Gasteiger partial charge in [-0.25, -0.2) is 0 Å². The first kappa shape index (κ1) is 36.2. The van der Waals surface area contributed by atoms with Crippen molar-refractivity contribution in [1.29, 1.82) is 5.26 Å². The molecule has 1 fully saturated rings. The molecule has 3 aromatic carbocycles. The minimum atomic E-state index is -0.598. The van der Waals surface area contributed by atoms with Crippen LogP contribution in [0.15, 0.2) is 36.4 Å². The fourth-order valence-corrected chi connectivity index (χ4v) is 8.96. The van der Waals surface area contributed by atoms with Gasteiger partial charge >= 0.3 is 11.9 Å². The topological polar surface area (TPSA) is 140 Å². The Hall–Kier alpha value is -5.12. The summed E-state index contributed by atoms with van der Waals surface area (Å²) in [6.07, 6.45) is 2.64. The molecule has 0 aromatic heterocycles. The molecule has 4 heterocycles. The molecule has 0 radical (unpaired) electrons. The van der Waals surface area contributed by atoms with Crippen LogP contribution in [0.25, 0.3) is 0 Å². The van der Waals surface area contributed by atoms with Gasteiger partial charge in [-0.1, -0.05) is 43.3 Å². The number of hydrogen-bond donors (Lipinski definition) is 1. The normalized spacial score (nSPS) is 22.5. The van der Waals surface area contributed by atoms with E-state index in [1.807, 2.05) is 58.2 Å². The highest BCUT2D eigenvalue weighted by Gasteiger charge is 2.57. The number of amides is 1. The van der Waals surface area contributed by atoms with Crippen LogP contribution in [0, 0.1) is 25.2 Å². The number of nitrogens with one attached hydrogen (secondary N) is 1. The number of rotatable bonds is 10. The summed E-state index contributed by atoms with van der Waals surface area (Å²) < 4.78 is 30.2. The van der Waals surface area contributed by atoms with Crippen molar-refractivity contribution in [2.45, 2.75) is 96.4 Å². The molecule has 4 aliphatic heterocycles. The zero-order chi connectivity index (χ0) is 37.6. The maximum absolute atomic E-state index is 13.5. The number of nitrogens with zero attached hydrogens (tertiary/aromatic N) is 3. The monoisotopic (exact) mass is 722 g/mol. The first-order valence-corrected chi connectivity index (χ1v) is 18.3. The lowest BCUT2D eigenvalue weighted by molar-refractivity contribution is -0.135. The quantitative estimate of drug-likeness (QED) is 0.219. The van der Waals surface area contributed by atoms with Gasteiger partial charge in [0, 0.05) is 60.6 Å². The van der Waals surface area contributed by atoms with E-state index in [0.717, 1.165) is 33.4 Å². The fraction of sp³-hybridized carbons (Fsp3) is 0.463. The predicted molar refractivity (Wildman–Crippen MR) is 194 cm³/mol. The summed E-state index contributed by atoms with van der Waals surface area (Å²) in [7, 11) is 3.59. The van der Waals surface area contributed by atoms with Crippen LogP contribution in [0.5, 0.6) is 28.7 Å². The Morgan fingerprint density at radius 3 is 2.43 bits per heavy atom. The molecule has 0 aliphatic carbocycles. The van der Waals surface area contributed by atoms with Crippen molar-refractivity contribution in [1.82, 2.24) is 15.1 Å². The molecule has 0 saturated carbocycles. The van der Waals surface area contributed by atoms with Crippen LogP contribution in [0.3, 0.4) is 0 Å². The van der Waals surface area contributed by atoms with Crippen LogP contribution in [-0.4, -0.2) is 73.3 Å². The van der Waals surface area contributed by atoms with Crippen LogP contribution < -0.4 is 29.0 Å². The van der Waals surface area contributed by atoms with Crippen LogP contribution >= 0.6 is 0 Å². The van der Waals surface area contributed by atoms with Crippen LogP contribution in [0.2, 0.25) is 0 Å². The Kier molecular flexibility index (Phi) is 10.1. The smallest absolute Gasteiger partial charge is 0.311 e. The Morgan fingerprint density at radius 2 is 1.74 bits per heavy atom. The number of fused-ring (bicyclic) bond motifs is 9. The van der Waals surface area contributed by atoms with Gasteiger partial charge in [0.25, 0.3) is 0 Å². The summed E-state index contributed by atoms with van der Waals surface area (Å²) in [6, 6.07) is 12.4. The molecule has 53 heavy (non-hydrogen) atoms. The minimum Gasteiger partial charge on any atom is -0.493 e. The first-order valence-electron chi connectivity index (χ1n) is 18.3. The lowest BCUT2D eigenvalue weighted by Gasteiger charge is -2.60. The molecule has 1 amide bonds. The maximum atomic E-state index is 13.5. The van der Waals surface area contributed by atoms with E-state index >= 15 is 0 Å². The molecule has 12 heteroatoms. The number of methoxy groups -OCH3 is 1. The zero-order valence-electron chi connectivity index (χ0n) is 31.1. The molecular weight excluding hydrogens is 676 g/mol. The first-order chi connectivity index (χ1) is 25.6. The van der Waals surface area contributed by atoms with Gasteiger partial charge in [0.1, 0.15) is 11.8 Å². The second-order valence-corrected chi connectivity index (χ2v) is 14.3. The fourth-order valence-electron chi connectivity index (χ4n) is 8.96. The van der Waals surface area contributed by atoms with Crippen molar-refractivity contribution < 1.29 is 38.1 Å². The van der Waals surface area contributed by atoms with Gasteiger partial charge in [-0.15, -0.1) is 0 Å². The van der Waals surface area contributed by atoms with Crippen LogP contribution in [-0.2, 0) is 33.6 Å².